The Morgan fingerprint density at radius 2 is 1.28 bits per heavy atom. The quantitative estimate of drug-likeness (QED) is 0.307. The van der Waals surface area contributed by atoms with E-state index in [-0.39, 0.29) is 16.6 Å². The molecule has 4 aliphatic rings. The predicted octanol–water partition coefficient (Wildman–Crippen LogP) is 4.73. The first-order valence-corrected chi connectivity index (χ1v) is 17.9. The molecule has 0 aliphatic heterocycles. The third-order valence-corrected chi connectivity index (χ3v) is 15.5. The first kappa shape index (κ1) is 29.9. The van der Waals surface area contributed by atoms with Gasteiger partial charge in [0.25, 0.3) is 8.32 Å². The van der Waals surface area contributed by atoms with Gasteiger partial charge in [-0.2, -0.15) is 7.11 Å². The Balaban J connectivity index is 0.00000161. The van der Waals surface area contributed by atoms with Crippen LogP contribution in [0.2, 0.25) is 0 Å². The fraction of sp³-hybridized carbons (Fsp3) is 0.421. The molecule has 3 saturated carbocycles. The van der Waals surface area contributed by atoms with Crippen LogP contribution in [0.3, 0.4) is 0 Å². The van der Waals surface area contributed by atoms with Crippen molar-refractivity contribution in [3.63, 3.8) is 0 Å². The fourth-order valence-corrected chi connectivity index (χ4v) is 13.4. The minimum absolute atomic E-state index is 0.152. The lowest BCUT2D eigenvalue weighted by atomic mass is 9.47. The zero-order valence-electron chi connectivity index (χ0n) is 25.5. The van der Waals surface area contributed by atoms with E-state index in [1.54, 1.807) is 0 Å². The van der Waals surface area contributed by atoms with Gasteiger partial charge in [-0.3, -0.25) is 9.59 Å². The highest BCUT2D eigenvalue weighted by Gasteiger charge is 2.61. The van der Waals surface area contributed by atoms with Crippen molar-refractivity contribution in [1.82, 2.24) is 0 Å². The lowest BCUT2D eigenvalue weighted by molar-refractivity contribution is -0.325. The van der Waals surface area contributed by atoms with Crippen molar-refractivity contribution in [2.45, 2.75) is 58.3 Å². The van der Waals surface area contributed by atoms with Crippen molar-refractivity contribution in [3.8, 4) is 0 Å². The molecule has 0 N–H and O–H groups in total. The van der Waals surface area contributed by atoms with Crippen molar-refractivity contribution in [2.24, 2.45) is 28.6 Å². The number of hydrogen-bond acceptors (Lipinski definition) is 4. The highest BCUT2D eigenvalue weighted by Crippen LogP contribution is 2.64. The zero-order valence-corrected chi connectivity index (χ0v) is 26.5. The molecule has 224 valence electrons. The molecule has 0 radical (unpaired) electrons. The van der Waals surface area contributed by atoms with Crippen molar-refractivity contribution >= 4 is 35.4 Å². The lowest BCUT2D eigenvalue weighted by Gasteiger charge is -2.58. The van der Waals surface area contributed by atoms with E-state index in [4.69, 9.17) is 9.53 Å². The number of carbonyl (C=O) groups excluding carboxylic acids is 2. The maximum atomic E-state index is 13.1. The van der Waals surface area contributed by atoms with E-state index in [2.05, 4.69) is 97.9 Å². The molecule has 43 heavy (non-hydrogen) atoms. The van der Waals surface area contributed by atoms with E-state index < -0.39 is 8.32 Å². The normalized spacial score (nSPS) is 29.8. The average molecular weight is 592 g/mol. The fourth-order valence-electron chi connectivity index (χ4n) is 9.41. The summed E-state index contributed by atoms with van der Waals surface area (Å²) in [6.45, 7) is 2.87. The number of hydrogen-bond donors (Lipinski definition) is 0. The van der Waals surface area contributed by atoms with Crippen molar-refractivity contribution in [1.29, 1.82) is 0 Å². The summed E-state index contributed by atoms with van der Waals surface area (Å²) in [4.78, 5) is 25.9. The van der Waals surface area contributed by atoms with Crippen LogP contribution in [0.5, 0.6) is 0 Å². The molecule has 3 aromatic carbocycles. The average Bonchev–Trinajstić information content (AvgIpc) is 3.38. The van der Waals surface area contributed by atoms with Crippen LogP contribution in [0.25, 0.3) is 0 Å². The van der Waals surface area contributed by atoms with Gasteiger partial charge in [-0.25, -0.2) is 0 Å². The maximum absolute atomic E-state index is 13.1. The molecule has 3 fully saturated rings. The number of rotatable bonds is 6. The lowest BCUT2D eigenvalue weighted by Crippen LogP contribution is -2.70. The van der Waals surface area contributed by atoms with Crippen LogP contribution >= 0.6 is 0 Å². The number of Topliss-reactive ketones (excluding diaryl/α,β-unsaturated/α-hetero) is 1. The minimum Gasteiger partial charge on any atom is -0.857 e. The third-order valence-electron chi connectivity index (χ3n) is 11.5. The molecular formula is C38H43O4Si-. The van der Waals surface area contributed by atoms with Gasteiger partial charge in [0.05, 0.1) is 0 Å². The van der Waals surface area contributed by atoms with Crippen LogP contribution < -0.4 is 20.7 Å². The molecule has 5 atom stereocenters. The number of benzene rings is 3. The first-order chi connectivity index (χ1) is 21.0. The van der Waals surface area contributed by atoms with Crippen molar-refractivity contribution in [3.05, 3.63) is 103 Å². The standard InChI is InChI=1S/C37H40O3Si.CH3O/c1-36-23-22-34-32(33(36)19-20-35(36)39)18-17-27-25-28(38)21-24-37(27,34)26-40-41(29-11-5-2-6-12-29,30-13-7-3-8-14-30)31-15-9-4-10-16-31;1-2/h2-16,25,32-34H,17-24,26H2,1H3;1H3/q;-1/t32-,33-,34-,36-,37+;/m0./s1. The Bertz CT molecular complexity index is 1370. The van der Waals surface area contributed by atoms with Gasteiger partial charge in [0.15, 0.2) is 5.78 Å². The highest BCUT2D eigenvalue weighted by atomic mass is 28.4. The summed E-state index contributed by atoms with van der Waals surface area (Å²) in [6.07, 6.45) is 9.28. The van der Waals surface area contributed by atoms with Crippen LogP contribution in [0.1, 0.15) is 58.3 Å². The highest BCUT2D eigenvalue weighted by molar-refractivity contribution is 7.07. The third kappa shape index (κ3) is 4.90. The first-order valence-electron chi connectivity index (χ1n) is 16.0. The molecule has 7 rings (SSSR count). The monoisotopic (exact) mass is 591 g/mol. The van der Waals surface area contributed by atoms with E-state index in [1.165, 1.54) is 21.1 Å². The summed E-state index contributed by atoms with van der Waals surface area (Å²) in [6, 6.07) is 32.5. The Morgan fingerprint density at radius 1 is 0.721 bits per heavy atom. The molecule has 0 spiro atoms. The van der Waals surface area contributed by atoms with Gasteiger partial charge in [0.2, 0.25) is 0 Å². The second kappa shape index (κ2) is 12.1. The van der Waals surface area contributed by atoms with Gasteiger partial charge >= 0.3 is 0 Å². The molecule has 4 aliphatic carbocycles. The SMILES string of the molecule is C[C@]12CC[C@H]3[C@@H](CCC4=CC(=O)CC[C@@]43CO[Si](c3ccccc3)(c3ccccc3)c3ccccc3)[C@@H]1CCC2=O.C[O-]. The summed E-state index contributed by atoms with van der Waals surface area (Å²) >= 11 is 0. The van der Waals surface area contributed by atoms with Crippen LogP contribution in [0, 0.1) is 28.6 Å². The summed E-state index contributed by atoms with van der Waals surface area (Å²) in [5, 5.41) is 12.0. The largest absolute Gasteiger partial charge is 0.857 e. The number of fused-ring (bicyclic) bond motifs is 5. The zero-order chi connectivity index (χ0) is 30.1. The van der Waals surface area contributed by atoms with Gasteiger partial charge in [0.1, 0.15) is 5.78 Å². The van der Waals surface area contributed by atoms with Gasteiger partial charge in [-0.1, -0.05) is 103 Å². The minimum atomic E-state index is -2.88. The van der Waals surface area contributed by atoms with E-state index in [9.17, 15) is 9.59 Å². The number of ketones is 2. The van der Waals surface area contributed by atoms with E-state index >= 15 is 0 Å². The Labute approximate surface area is 257 Å². The molecule has 3 aromatic rings. The van der Waals surface area contributed by atoms with Crippen LogP contribution in [0.15, 0.2) is 103 Å². The molecule has 0 saturated heterocycles. The summed E-state index contributed by atoms with van der Waals surface area (Å²) in [5.41, 5.74) is 1.01. The van der Waals surface area contributed by atoms with Crippen LogP contribution in [0.4, 0.5) is 0 Å². The number of carbonyl (C=O) groups is 2. The van der Waals surface area contributed by atoms with Gasteiger partial charge < -0.3 is 9.53 Å². The smallest absolute Gasteiger partial charge is 0.288 e. The van der Waals surface area contributed by atoms with Crippen molar-refractivity contribution in [2.75, 3.05) is 13.7 Å². The van der Waals surface area contributed by atoms with Gasteiger partial charge in [-0.15, -0.1) is 0 Å². The summed E-state index contributed by atoms with van der Waals surface area (Å²) in [7, 11) is -2.13. The molecular weight excluding hydrogens is 549 g/mol. The summed E-state index contributed by atoms with van der Waals surface area (Å²) in [5.74, 6) is 2.19. The Kier molecular flexibility index (Phi) is 8.43. The van der Waals surface area contributed by atoms with Crippen LogP contribution in [-0.2, 0) is 14.0 Å². The second-order valence-electron chi connectivity index (χ2n) is 13.2. The Morgan fingerprint density at radius 3 is 1.84 bits per heavy atom. The predicted molar refractivity (Wildman–Crippen MR) is 172 cm³/mol. The van der Waals surface area contributed by atoms with Gasteiger partial charge in [-0.05, 0) is 77.9 Å². The molecule has 5 heteroatoms. The van der Waals surface area contributed by atoms with E-state index in [0.717, 1.165) is 52.1 Å². The van der Waals surface area contributed by atoms with Crippen LogP contribution in [-0.4, -0.2) is 33.6 Å². The topological polar surface area (TPSA) is 66.4 Å². The molecule has 0 amide bonds. The maximum Gasteiger partial charge on any atom is 0.288 e. The van der Waals surface area contributed by atoms with E-state index in [1.807, 2.05) is 6.08 Å². The van der Waals surface area contributed by atoms with Crippen molar-refractivity contribution < 1.29 is 19.1 Å². The Hall–Kier alpha value is -3.12. The van der Waals surface area contributed by atoms with E-state index in [0.29, 0.717) is 36.6 Å². The molecule has 0 bridgehead atoms. The molecule has 0 aromatic heterocycles. The van der Waals surface area contributed by atoms with Gasteiger partial charge in [0, 0.05) is 30.3 Å². The molecule has 0 unspecified atom stereocenters. The second-order valence-corrected chi connectivity index (χ2v) is 16.6. The molecule has 4 nitrogen and oxygen atoms in total. The molecule has 0 heterocycles. The summed E-state index contributed by atoms with van der Waals surface area (Å²) < 4.78 is 7.65.